The van der Waals surface area contributed by atoms with Crippen LogP contribution >= 0.6 is 0 Å². The average Bonchev–Trinajstić information content (AvgIpc) is 3.19. The molecule has 0 bridgehead atoms. The van der Waals surface area contributed by atoms with Crippen molar-refractivity contribution in [3.05, 3.63) is 71.2 Å². The third-order valence-electron chi connectivity index (χ3n) is 4.54. The molecule has 11 heteroatoms. The first kappa shape index (κ1) is 19.7. The van der Waals surface area contributed by atoms with Crippen LogP contribution in [0, 0.1) is 5.82 Å². The van der Waals surface area contributed by atoms with E-state index in [-0.39, 0.29) is 23.7 Å². The van der Waals surface area contributed by atoms with Crippen LogP contribution in [-0.2, 0) is 21.2 Å². The van der Waals surface area contributed by atoms with Crippen LogP contribution in [0.4, 0.5) is 4.39 Å². The number of nitrogens with zero attached hydrogens (tertiary/aromatic N) is 4. The molecule has 0 aliphatic rings. The highest BCUT2D eigenvalue weighted by Crippen LogP contribution is 2.12. The van der Waals surface area contributed by atoms with E-state index >= 15 is 0 Å². The molecule has 0 aliphatic heterocycles. The minimum absolute atomic E-state index is 0.0265. The largest absolute Gasteiger partial charge is 0.354 e. The molecule has 1 N–H and O–H groups in total. The van der Waals surface area contributed by atoms with Crippen molar-refractivity contribution in [3.63, 3.8) is 0 Å². The lowest BCUT2D eigenvalue weighted by atomic mass is 10.3. The van der Waals surface area contributed by atoms with E-state index in [2.05, 4.69) is 15.4 Å². The topological polar surface area (TPSA) is 115 Å². The molecule has 4 aromatic rings. The Bertz CT molecular complexity index is 1410. The number of aromatic nitrogens is 4. The van der Waals surface area contributed by atoms with Crippen molar-refractivity contribution < 1.29 is 17.6 Å². The molecule has 3 heterocycles. The number of nitrogens with one attached hydrogen (secondary N) is 1. The second-order valence-electron chi connectivity index (χ2n) is 6.53. The lowest BCUT2D eigenvalue weighted by Gasteiger charge is -2.09. The number of benzene rings is 1. The van der Waals surface area contributed by atoms with Crippen molar-refractivity contribution in [2.75, 3.05) is 12.3 Å². The molecule has 154 valence electrons. The molecule has 1 aromatic carbocycles. The van der Waals surface area contributed by atoms with Gasteiger partial charge in [-0.05, 0) is 30.3 Å². The van der Waals surface area contributed by atoms with Crippen molar-refractivity contribution >= 4 is 32.3 Å². The molecule has 0 unspecified atom stereocenters. The fourth-order valence-corrected chi connectivity index (χ4v) is 4.18. The van der Waals surface area contributed by atoms with Crippen LogP contribution in [0.25, 0.3) is 16.6 Å². The first-order chi connectivity index (χ1) is 14.3. The summed E-state index contributed by atoms with van der Waals surface area (Å²) >= 11 is 0. The molecule has 0 fully saturated rings. The molecule has 3 aromatic heterocycles. The predicted molar refractivity (Wildman–Crippen MR) is 106 cm³/mol. The Morgan fingerprint density at radius 1 is 1.13 bits per heavy atom. The Morgan fingerprint density at radius 2 is 1.90 bits per heavy atom. The lowest BCUT2D eigenvalue weighted by Crippen LogP contribution is -2.34. The van der Waals surface area contributed by atoms with Gasteiger partial charge in [-0.15, -0.1) is 0 Å². The molecule has 0 saturated heterocycles. The molecule has 30 heavy (non-hydrogen) atoms. The summed E-state index contributed by atoms with van der Waals surface area (Å²) in [7, 11) is -3.67. The summed E-state index contributed by atoms with van der Waals surface area (Å²) in [5, 5.41) is 6.91. The highest BCUT2D eigenvalue weighted by atomic mass is 32.2. The summed E-state index contributed by atoms with van der Waals surface area (Å²) < 4.78 is 40.1. The van der Waals surface area contributed by atoms with E-state index in [1.54, 1.807) is 18.3 Å². The minimum Gasteiger partial charge on any atom is -0.354 e. The van der Waals surface area contributed by atoms with E-state index in [9.17, 15) is 22.4 Å². The van der Waals surface area contributed by atoms with Gasteiger partial charge in [-0.2, -0.15) is 5.10 Å². The van der Waals surface area contributed by atoms with Gasteiger partial charge in [-0.25, -0.2) is 22.3 Å². The molecule has 9 nitrogen and oxygen atoms in total. The van der Waals surface area contributed by atoms with Gasteiger partial charge in [0.1, 0.15) is 12.4 Å². The van der Waals surface area contributed by atoms with Crippen molar-refractivity contribution in [2.45, 2.75) is 11.4 Å². The number of halogens is 1. The van der Waals surface area contributed by atoms with Gasteiger partial charge < -0.3 is 9.88 Å². The smallest absolute Gasteiger partial charge is 0.262 e. The highest BCUT2D eigenvalue weighted by molar-refractivity contribution is 7.91. The maximum absolute atomic E-state index is 12.9. The van der Waals surface area contributed by atoms with Crippen LogP contribution in [0.1, 0.15) is 0 Å². The fraction of sp³-hybridized carbons (Fsp3) is 0.158. The molecular weight excluding hydrogens is 413 g/mol. The highest BCUT2D eigenvalue weighted by Gasteiger charge is 2.15. The number of carbonyl (C=O) groups excluding carboxylic acids is 1. The molecule has 4 rings (SSSR count). The van der Waals surface area contributed by atoms with Crippen LogP contribution in [0.15, 0.2) is 64.7 Å². The molecule has 0 atom stereocenters. The van der Waals surface area contributed by atoms with Gasteiger partial charge >= 0.3 is 0 Å². The van der Waals surface area contributed by atoms with E-state index in [1.807, 2.05) is 0 Å². The van der Waals surface area contributed by atoms with E-state index in [1.165, 1.54) is 33.6 Å². The Hall–Kier alpha value is -3.60. The first-order valence-electron chi connectivity index (χ1n) is 8.92. The zero-order chi connectivity index (χ0) is 21.3. The maximum atomic E-state index is 12.9. The molecule has 0 aliphatic carbocycles. The van der Waals surface area contributed by atoms with Crippen molar-refractivity contribution in [2.24, 2.45) is 0 Å². The Balaban J connectivity index is 1.43. The maximum Gasteiger partial charge on any atom is 0.262 e. The Morgan fingerprint density at radius 3 is 2.67 bits per heavy atom. The monoisotopic (exact) mass is 429 g/mol. The fourth-order valence-electron chi connectivity index (χ4n) is 3.02. The van der Waals surface area contributed by atoms with E-state index in [0.29, 0.717) is 16.6 Å². The van der Waals surface area contributed by atoms with Gasteiger partial charge in [0, 0.05) is 25.0 Å². The number of pyridine rings is 1. The van der Waals surface area contributed by atoms with Crippen LogP contribution < -0.4 is 10.9 Å². The van der Waals surface area contributed by atoms with Crippen molar-refractivity contribution in [1.29, 1.82) is 0 Å². The lowest BCUT2D eigenvalue weighted by molar-refractivity contribution is -0.121. The molecule has 0 saturated carbocycles. The number of amides is 1. The number of rotatable bonds is 6. The van der Waals surface area contributed by atoms with Gasteiger partial charge in [0.2, 0.25) is 5.91 Å². The van der Waals surface area contributed by atoms with Gasteiger partial charge in [0.05, 0.1) is 27.7 Å². The number of hydrogen-bond acceptors (Lipinski definition) is 6. The average molecular weight is 429 g/mol. The van der Waals surface area contributed by atoms with Crippen LogP contribution in [0.3, 0.4) is 0 Å². The molecular formula is C19H16FN5O4S. The number of sulfone groups is 1. The number of fused-ring (bicyclic) bond motifs is 3. The van der Waals surface area contributed by atoms with E-state index in [0.717, 1.165) is 12.1 Å². The van der Waals surface area contributed by atoms with Crippen LogP contribution in [0.5, 0.6) is 0 Å². The predicted octanol–water partition coefficient (Wildman–Crippen LogP) is 0.773. The van der Waals surface area contributed by atoms with Gasteiger partial charge in [-0.1, -0.05) is 0 Å². The van der Waals surface area contributed by atoms with Crippen molar-refractivity contribution in [1.82, 2.24) is 24.5 Å². The number of hydrogen-bond donors (Lipinski definition) is 1. The SMILES string of the molecule is O=C(Cn1ccc2c(cnc3ccnn32)c1=O)NCCS(=O)(=O)c1ccc(F)cc1. The minimum atomic E-state index is -3.67. The summed E-state index contributed by atoms with van der Waals surface area (Å²) in [5.74, 6) is -1.40. The molecule has 0 spiro atoms. The van der Waals surface area contributed by atoms with Gasteiger partial charge in [0.25, 0.3) is 5.56 Å². The summed E-state index contributed by atoms with van der Waals surface area (Å²) in [6.45, 7) is -0.418. The first-order valence-corrected chi connectivity index (χ1v) is 10.6. The zero-order valence-corrected chi connectivity index (χ0v) is 16.3. The molecule has 0 radical (unpaired) electrons. The van der Waals surface area contributed by atoms with Crippen LogP contribution in [-0.4, -0.2) is 45.8 Å². The number of carbonyl (C=O) groups is 1. The standard InChI is InChI=1S/C19H16FN5O4S/c20-13-1-3-14(4-2-13)30(28,29)10-8-21-18(26)12-24-9-6-16-15(19(24)27)11-22-17-5-7-23-25(16)17/h1-7,9,11H,8,10,12H2,(H,21,26). The third kappa shape index (κ3) is 3.79. The Labute approximate surface area is 169 Å². The van der Waals surface area contributed by atoms with E-state index < -0.39 is 27.1 Å². The summed E-state index contributed by atoms with van der Waals surface area (Å²) in [6.07, 6.45) is 4.47. The van der Waals surface area contributed by atoms with E-state index in [4.69, 9.17) is 0 Å². The molecule has 1 amide bonds. The van der Waals surface area contributed by atoms with Gasteiger partial charge in [-0.3, -0.25) is 9.59 Å². The second-order valence-corrected chi connectivity index (χ2v) is 8.64. The van der Waals surface area contributed by atoms with Gasteiger partial charge in [0.15, 0.2) is 15.5 Å². The summed E-state index contributed by atoms with van der Waals surface area (Å²) in [5.41, 5.74) is 0.753. The van der Waals surface area contributed by atoms with Crippen LogP contribution in [0.2, 0.25) is 0 Å². The summed E-state index contributed by atoms with van der Waals surface area (Å²) in [6, 6.07) is 7.83. The van der Waals surface area contributed by atoms with Crippen molar-refractivity contribution in [3.8, 4) is 0 Å². The summed E-state index contributed by atoms with van der Waals surface area (Å²) in [4.78, 5) is 29.0. The normalized spacial score (nSPS) is 11.8. The third-order valence-corrected chi connectivity index (χ3v) is 6.27. The Kier molecular flexibility index (Phi) is 5.04. The second kappa shape index (κ2) is 7.67. The quantitative estimate of drug-likeness (QED) is 0.453. The zero-order valence-electron chi connectivity index (χ0n) is 15.5.